The molecule has 1 heterocycles. The van der Waals surface area contributed by atoms with Crippen molar-refractivity contribution >= 4 is 0 Å². The number of likely N-dealkylation sites (N-methyl/N-ethyl adjacent to an activating group) is 1. The van der Waals surface area contributed by atoms with E-state index in [0.717, 1.165) is 29.7 Å². The summed E-state index contributed by atoms with van der Waals surface area (Å²) in [6.07, 6.45) is 10.7. The molecule has 1 saturated heterocycles. The molecule has 1 N–H and O–H groups in total. The molecule has 2 nitrogen and oxygen atoms in total. The molecular weight excluding hydrogens is 244 g/mol. The van der Waals surface area contributed by atoms with Crippen molar-refractivity contribution < 1.29 is 0 Å². The van der Waals surface area contributed by atoms with Crippen molar-refractivity contribution in [3.63, 3.8) is 0 Å². The van der Waals surface area contributed by atoms with Crippen molar-refractivity contribution in [2.24, 2.45) is 29.1 Å². The standard InChI is InChI=1S/C18H32N2/c1-13-3-4-20(11-13)12-17(19-2)18-8-14-5-15(9-18)7-16(6-14)10-18/h13-17,19H,3-12H2,1-2H3. The monoisotopic (exact) mass is 276 g/mol. The van der Waals surface area contributed by atoms with E-state index in [9.17, 15) is 0 Å². The van der Waals surface area contributed by atoms with Crippen LogP contribution in [0.4, 0.5) is 0 Å². The third-order valence-electron chi connectivity index (χ3n) is 7.12. The van der Waals surface area contributed by atoms with Crippen LogP contribution in [-0.4, -0.2) is 37.6 Å². The van der Waals surface area contributed by atoms with Gasteiger partial charge in [0, 0.05) is 19.1 Å². The summed E-state index contributed by atoms with van der Waals surface area (Å²) in [5, 5.41) is 3.76. The molecule has 0 aromatic carbocycles. The van der Waals surface area contributed by atoms with Gasteiger partial charge in [-0.25, -0.2) is 0 Å². The van der Waals surface area contributed by atoms with Gasteiger partial charge in [0.1, 0.15) is 0 Å². The minimum absolute atomic E-state index is 0.662. The molecule has 114 valence electrons. The Labute approximate surface area is 124 Å². The predicted molar refractivity (Wildman–Crippen MR) is 83.7 cm³/mol. The van der Waals surface area contributed by atoms with Crippen LogP contribution < -0.4 is 5.32 Å². The number of nitrogens with one attached hydrogen (secondary N) is 1. The fraction of sp³-hybridized carbons (Fsp3) is 1.00. The van der Waals surface area contributed by atoms with E-state index in [1.165, 1.54) is 45.3 Å². The van der Waals surface area contributed by atoms with Crippen LogP contribution >= 0.6 is 0 Å². The number of hydrogen-bond acceptors (Lipinski definition) is 2. The van der Waals surface area contributed by atoms with E-state index in [2.05, 4.69) is 24.2 Å². The Morgan fingerprint density at radius 3 is 2.15 bits per heavy atom. The van der Waals surface area contributed by atoms with Gasteiger partial charge in [-0.3, -0.25) is 0 Å². The van der Waals surface area contributed by atoms with E-state index in [1.807, 2.05) is 0 Å². The molecule has 0 radical (unpaired) electrons. The molecule has 4 saturated carbocycles. The minimum Gasteiger partial charge on any atom is -0.315 e. The van der Waals surface area contributed by atoms with Gasteiger partial charge >= 0.3 is 0 Å². The molecule has 5 rings (SSSR count). The number of rotatable bonds is 4. The van der Waals surface area contributed by atoms with Gasteiger partial charge in [0.2, 0.25) is 0 Å². The van der Waals surface area contributed by atoms with Crippen LogP contribution in [-0.2, 0) is 0 Å². The van der Waals surface area contributed by atoms with E-state index < -0.39 is 0 Å². The third kappa shape index (κ3) is 2.23. The van der Waals surface area contributed by atoms with Gasteiger partial charge in [-0.2, -0.15) is 0 Å². The lowest BCUT2D eigenvalue weighted by Crippen LogP contribution is -2.58. The Morgan fingerprint density at radius 1 is 1.10 bits per heavy atom. The van der Waals surface area contributed by atoms with Crippen LogP contribution in [0.2, 0.25) is 0 Å². The molecule has 4 bridgehead atoms. The van der Waals surface area contributed by atoms with E-state index in [0.29, 0.717) is 5.41 Å². The second-order valence-corrected chi connectivity index (χ2v) is 8.77. The quantitative estimate of drug-likeness (QED) is 0.848. The zero-order valence-corrected chi connectivity index (χ0v) is 13.4. The molecule has 0 amide bonds. The lowest BCUT2D eigenvalue weighted by atomic mass is 9.47. The van der Waals surface area contributed by atoms with Crippen molar-refractivity contribution in [2.45, 2.75) is 57.9 Å². The second-order valence-electron chi connectivity index (χ2n) is 8.77. The summed E-state index contributed by atoms with van der Waals surface area (Å²) in [4.78, 5) is 2.74. The van der Waals surface area contributed by atoms with Gasteiger partial charge < -0.3 is 10.2 Å². The summed E-state index contributed by atoms with van der Waals surface area (Å²) in [5.74, 6) is 4.16. The van der Waals surface area contributed by atoms with Crippen LogP contribution in [0.15, 0.2) is 0 Å². The maximum atomic E-state index is 3.76. The zero-order valence-electron chi connectivity index (χ0n) is 13.4. The Bertz CT molecular complexity index is 329. The molecule has 0 spiro atoms. The largest absolute Gasteiger partial charge is 0.315 e. The number of likely N-dealkylation sites (tertiary alicyclic amines) is 1. The smallest absolute Gasteiger partial charge is 0.0248 e. The molecule has 20 heavy (non-hydrogen) atoms. The van der Waals surface area contributed by atoms with Crippen LogP contribution in [0, 0.1) is 29.1 Å². The van der Waals surface area contributed by atoms with Gasteiger partial charge in [0.05, 0.1) is 0 Å². The molecule has 2 unspecified atom stereocenters. The first kappa shape index (κ1) is 13.6. The lowest BCUT2D eigenvalue weighted by Gasteiger charge is -2.60. The summed E-state index contributed by atoms with van der Waals surface area (Å²) in [6.45, 7) is 6.41. The van der Waals surface area contributed by atoms with Crippen LogP contribution in [0.25, 0.3) is 0 Å². The summed E-state index contributed by atoms with van der Waals surface area (Å²) < 4.78 is 0. The molecule has 2 atom stereocenters. The van der Waals surface area contributed by atoms with Gasteiger partial charge in [-0.15, -0.1) is 0 Å². The third-order valence-corrected chi connectivity index (χ3v) is 7.12. The summed E-state index contributed by atoms with van der Waals surface area (Å²) in [7, 11) is 2.22. The van der Waals surface area contributed by atoms with E-state index >= 15 is 0 Å². The molecule has 5 fully saturated rings. The highest BCUT2D eigenvalue weighted by atomic mass is 15.2. The first-order valence-corrected chi connectivity index (χ1v) is 9.06. The molecule has 4 aliphatic carbocycles. The Kier molecular flexibility index (Phi) is 3.38. The highest BCUT2D eigenvalue weighted by Crippen LogP contribution is 2.61. The molecule has 0 aromatic rings. The molecule has 0 aromatic heterocycles. The minimum atomic E-state index is 0.662. The van der Waals surface area contributed by atoms with Crippen molar-refractivity contribution in [1.82, 2.24) is 10.2 Å². The normalized spacial score (nSPS) is 48.9. The fourth-order valence-corrected chi connectivity index (χ4v) is 6.65. The van der Waals surface area contributed by atoms with E-state index in [-0.39, 0.29) is 0 Å². The van der Waals surface area contributed by atoms with Gasteiger partial charge in [-0.1, -0.05) is 6.92 Å². The SMILES string of the molecule is CNC(CN1CCC(C)C1)C12CC3CC(CC(C3)C1)C2. The highest BCUT2D eigenvalue weighted by molar-refractivity contribution is 5.06. The molecule has 5 aliphatic rings. The topological polar surface area (TPSA) is 15.3 Å². The van der Waals surface area contributed by atoms with Gasteiger partial charge in [-0.05, 0) is 87.6 Å². The number of hydrogen-bond donors (Lipinski definition) is 1. The van der Waals surface area contributed by atoms with Gasteiger partial charge in [0.25, 0.3) is 0 Å². The second kappa shape index (κ2) is 4.98. The average Bonchev–Trinajstić information content (AvgIpc) is 2.80. The Morgan fingerprint density at radius 2 is 1.70 bits per heavy atom. The first-order valence-electron chi connectivity index (χ1n) is 9.06. The van der Waals surface area contributed by atoms with Crippen molar-refractivity contribution in [1.29, 1.82) is 0 Å². The van der Waals surface area contributed by atoms with Crippen LogP contribution in [0.3, 0.4) is 0 Å². The maximum Gasteiger partial charge on any atom is 0.0248 e. The molecular formula is C18H32N2. The van der Waals surface area contributed by atoms with Crippen molar-refractivity contribution in [2.75, 3.05) is 26.7 Å². The van der Waals surface area contributed by atoms with E-state index in [1.54, 1.807) is 19.3 Å². The Hall–Kier alpha value is -0.0800. The highest BCUT2D eigenvalue weighted by Gasteiger charge is 2.54. The van der Waals surface area contributed by atoms with E-state index in [4.69, 9.17) is 0 Å². The average molecular weight is 276 g/mol. The summed E-state index contributed by atoms with van der Waals surface area (Å²) >= 11 is 0. The molecule has 2 heteroatoms. The Balaban J connectivity index is 1.49. The lowest BCUT2D eigenvalue weighted by molar-refractivity contribution is -0.0768. The maximum absolute atomic E-state index is 3.76. The fourth-order valence-electron chi connectivity index (χ4n) is 6.65. The van der Waals surface area contributed by atoms with Crippen LogP contribution in [0.1, 0.15) is 51.9 Å². The van der Waals surface area contributed by atoms with Crippen molar-refractivity contribution in [3.05, 3.63) is 0 Å². The zero-order chi connectivity index (χ0) is 13.7. The summed E-state index contributed by atoms with van der Waals surface area (Å²) in [6, 6.07) is 0.751. The first-order chi connectivity index (χ1) is 9.67. The number of nitrogens with zero attached hydrogens (tertiary/aromatic N) is 1. The molecule has 1 aliphatic heterocycles. The predicted octanol–water partition coefficient (Wildman–Crippen LogP) is 3.13. The van der Waals surface area contributed by atoms with Gasteiger partial charge in [0.15, 0.2) is 0 Å². The summed E-state index contributed by atoms with van der Waals surface area (Å²) in [5.41, 5.74) is 0.662. The van der Waals surface area contributed by atoms with Crippen molar-refractivity contribution in [3.8, 4) is 0 Å². The van der Waals surface area contributed by atoms with Crippen LogP contribution in [0.5, 0.6) is 0 Å².